The molecule has 2 aromatic carbocycles. The van der Waals surface area contributed by atoms with Gasteiger partial charge in [-0.1, -0.05) is 26.2 Å². The number of carbonyl (C=O) groups excluding carboxylic acids is 4. The van der Waals surface area contributed by atoms with Gasteiger partial charge < -0.3 is 0 Å². The molecular weight excluding hydrogens is 412 g/mol. The molecule has 4 rings (SSSR count). The molecule has 2 aromatic rings. The normalized spacial score (nSPS) is 15.6. The van der Waals surface area contributed by atoms with Crippen molar-refractivity contribution in [3.05, 3.63) is 44.9 Å². The van der Waals surface area contributed by atoms with E-state index in [1.807, 2.05) is 0 Å². The fourth-order valence-corrected chi connectivity index (χ4v) is 4.41. The molecule has 0 radical (unpaired) electrons. The second-order valence-corrected chi connectivity index (χ2v) is 7.65. The lowest BCUT2D eigenvalue weighted by molar-refractivity contribution is 0.0606. The Labute approximate surface area is 164 Å². The molecule has 0 fully saturated rings. The van der Waals surface area contributed by atoms with Gasteiger partial charge in [-0.05, 0) is 40.5 Å². The number of unbranched alkanes of at least 4 members (excludes halogenated alkanes) is 3. The van der Waals surface area contributed by atoms with Crippen molar-refractivity contribution in [1.82, 2.24) is 10.2 Å². The molecule has 0 unspecified atom stereocenters. The second-order valence-electron chi connectivity index (χ2n) is 6.80. The van der Waals surface area contributed by atoms with E-state index in [1.54, 1.807) is 18.2 Å². The molecular formula is C20H17BrN2O4. The number of imide groups is 2. The highest BCUT2D eigenvalue weighted by atomic mass is 79.9. The van der Waals surface area contributed by atoms with Crippen molar-refractivity contribution < 1.29 is 19.2 Å². The predicted molar refractivity (Wildman–Crippen MR) is 103 cm³/mol. The zero-order valence-electron chi connectivity index (χ0n) is 14.7. The van der Waals surface area contributed by atoms with Gasteiger partial charge in [0.2, 0.25) is 0 Å². The Balaban J connectivity index is 1.89. The van der Waals surface area contributed by atoms with E-state index in [-0.39, 0.29) is 17.4 Å². The molecule has 4 amide bonds. The van der Waals surface area contributed by atoms with Crippen LogP contribution in [0.5, 0.6) is 0 Å². The Morgan fingerprint density at radius 3 is 2.33 bits per heavy atom. The van der Waals surface area contributed by atoms with Crippen molar-refractivity contribution in [2.24, 2.45) is 0 Å². The van der Waals surface area contributed by atoms with Gasteiger partial charge in [0.05, 0.1) is 5.56 Å². The first-order chi connectivity index (χ1) is 13.0. The number of nitrogens with one attached hydrogen (secondary N) is 1. The lowest BCUT2D eigenvalue weighted by Crippen LogP contribution is -2.42. The Morgan fingerprint density at radius 2 is 1.59 bits per heavy atom. The van der Waals surface area contributed by atoms with Crippen molar-refractivity contribution in [3.63, 3.8) is 0 Å². The van der Waals surface area contributed by atoms with Gasteiger partial charge in [0.25, 0.3) is 23.6 Å². The van der Waals surface area contributed by atoms with Crippen molar-refractivity contribution in [1.29, 1.82) is 0 Å². The summed E-state index contributed by atoms with van der Waals surface area (Å²) in [6, 6.07) is 4.69. The molecule has 0 spiro atoms. The van der Waals surface area contributed by atoms with Gasteiger partial charge in [-0.25, -0.2) is 0 Å². The summed E-state index contributed by atoms with van der Waals surface area (Å²) in [6.07, 6.45) is 3.82. The van der Waals surface area contributed by atoms with Crippen LogP contribution in [-0.4, -0.2) is 35.1 Å². The predicted octanol–water partition coefficient (Wildman–Crippen LogP) is 3.66. The summed E-state index contributed by atoms with van der Waals surface area (Å²) < 4.78 is 0.432. The smallest absolute Gasteiger partial charge is 0.261 e. The van der Waals surface area contributed by atoms with Crippen molar-refractivity contribution in [2.75, 3.05) is 6.54 Å². The lowest BCUT2D eigenvalue weighted by atomic mass is 9.86. The molecule has 0 saturated carbocycles. The van der Waals surface area contributed by atoms with Gasteiger partial charge in [0.1, 0.15) is 0 Å². The molecule has 0 saturated heterocycles. The molecule has 138 valence electrons. The van der Waals surface area contributed by atoms with Crippen LogP contribution >= 0.6 is 15.9 Å². The number of benzene rings is 2. The van der Waals surface area contributed by atoms with Crippen molar-refractivity contribution in [3.8, 4) is 0 Å². The minimum absolute atomic E-state index is 0.280. The third kappa shape index (κ3) is 2.60. The van der Waals surface area contributed by atoms with Crippen LogP contribution in [0.2, 0.25) is 0 Å². The molecule has 0 bridgehead atoms. The quantitative estimate of drug-likeness (QED) is 0.581. The van der Waals surface area contributed by atoms with E-state index in [9.17, 15) is 19.2 Å². The summed E-state index contributed by atoms with van der Waals surface area (Å²) in [5.74, 6) is -1.82. The van der Waals surface area contributed by atoms with Crippen LogP contribution in [0.25, 0.3) is 10.8 Å². The summed E-state index contributed by atoms with van der Waals surface area (Å²) in [4.78, 5) is 51.8. The topological polar surface area (TPSA) is 83.6 Å². The van der Waals surface area contributed by atoms with Crippen LogP contribution in [0.4, 0.5) is 0 Å². The first kappa shape index (κ1) is 17.9. The summed E-state index contributed by atoms with van der Waals surface area (Å²) in [6.45, 7) is 2.46. The Kier molecular flexibility index (Phi) is 4.34. The van der Waals surface area contributed by atoms with Crippen LogP contribution in [0.1, 0.15) is 74.0 Å². The molecule has 7 heteroatoms. The highest BCUT2D eigenvalue weighted by Gasteiger charge is 2.37. The number of hydrogen-bond donors (Lipinski definition) is 1. The number of rotatable bonds is 5. The molecule has 27 heavy (non-hydrogen) atoms. The molecule has 6 nitrogen and oxygen atoms in total. The van der Waals surface area contributed by atoms with Gasteiger partial charge in [-0.3, -0.25) is 29.4 Å². The van der Waals surface area contributed by atoms with E-state index in [4.69, 9.17) is 0 Å². The maximum absolute atomic E-state index is 13.0. The third-order valence-electron chi connectivity index (χ3n) is 5.12. The standard InChI is InChI=1S/C20H17BrN2O4/c1-2-3-4-5-8-23-19(26)11-7-6-10-15-14(11)12(20(23)27)9-13(21)16(15)18(25)22-17(10)24/h6-7,9H,2-5,8H2,1H3,(H,22,24,25). The number of nitrogens with zero attached hydrogens (tertiary/aromatic N) is 1. The van der Waals surface area contributed by atoms with Crippen LogP contribution in [0.15, 0.2) is 22.7 Å². The van der Waals surface area contributed by atoms with Crippen LogP contribution in [0.3, 0.4) is 0 Å². The SMILES string of the molecule is CCCCCCN1C(=O)c2ccc3c4c(c(Br)cc(c24)C1=O)C(=O)NC3=O. The maximum atomic E-state index is 13.0. The zero-order valence-corrected chi connectivity index (χ0v) is 16.3. The van der Waals surface area contributed by atoms with Crippen LogP contribution < -0.4 is 5.32 Å². The molecule has 2 heterocycles. The Bertz CT molecular complexity index is 1040. The number of hydrogen-bond acceptors (Lipinski definition) is 4. The zero-order chi connectivity index (χ0) is 19.3. The highest BCUT2D eigenvalue weighted by molar-refractivity contribution is 9.10. The maximum Gasteiger partial charge on any atom is 0.261 e. The summed E-state index contributed by atoms with van der Waals surface area (Å²) in [5, 5.41) is 3.06. The fraction of sp³-hybridized carbons (Fsp3) is 0.300. The molecule has 1 N–H and O–H groups in total. The van der Waals surface area contributed by atoms with E-state index in [2.05, 4.69) is 28.2 Å². The number of halogens is 1. The number of amides is 4. The summed E-state index contributed by atoms with van der Waals surface area (Å²) in [5.41, 5.74) is 1.27. The third-order valence-corrected chi connectivity index (χ3v) is 5.75. The summed E-state index contributed by atoms with van der Waals surface area (Å²) in [7, 11) is 0. The Hall–Kier alpha value is -2.54. The lowest BCUT2D eigenvalue weighted by Gasteiger charge is -2.29. The molecule has 2 aliphatic heterocycles. The fourth-order valence-electron chi connectivity index (χ4n) is 3.81. The number of carbonyl (C=O) groups is 4. The van der Waals surface area contributed by atoms with E-state index in [0.717, 1.165) is 25.7 Å². The first-order valence-electron chi connectivity index (χ1n) is 8.96. The van der Waals surface area contributed by atoms with E-state index < -0.39 is 11.8 Å². The minimum atomic E-state index is -0.537. The molecule has 0 atom stereocenters. The first-order valence-corrected chi connectivity index (χ1v) is 9.76. The largest absolute Gasteiger partial charge is 0.288 e. The average molecular weight is 429 g/mol. The van der Waals surface area contributed by atoms with Crippen LogP contribution in [-0.2, 0) is 0 Å². The molecule has 2 aliphatic rings. The van der Waals surface area contributed by atoms with E-state index >= 15 is 0 Å². The van der Waals surface area contributed by atoms with Crippen molar-refractivity contribution in [2.45, 2.75) is 32.6 Å². The van der Waals surface area contributed by atoms with E-state index in [0.29, 0.717) is 38.5 Å². The van der Waals surface area contributed by atoms with Gasteiger partial charge in [0, 0.05) is 38.5 Å². The van der Waals surface area contributed by atoms with Gasteiger partial charge in [-0.2, -0.15) is 0 Å². The monoisotopic (exact) mass is 428 g/mol. The van der Waals surface area contributed by atoms with Gasteiger partial charge >= 0.3 is 0 Å². The molecule has 0 aliphatic carbocycles. The van der Waals surface area contributed by atoms with Gasteiger partial charge in [0.15, 0.2) is 0 Å². The Morgan fingerprint density at radius 1 is 0.889 bits per heavy atom. The second kappa shape index (κ2) is 6.56. The van der Waals surface area contributed by atoms with E-state index in [1.165, 1.54) is 4.90 Å². The highest BCUT2D eigenvalue weighted by Crippen LogP contribution is 2.39. The van der Waals surface area contributed by atoms with Crippen molar-refractivity contribution >= 4 is 50.3 Å². The van der Waals surface area contributed by atoms with Gasteiger partial charge in [-0.15, -0.1) is 0 Å². The molecule has 0 aromatic heterocycles. The average Bonchev–Trinajstić information content (AvgIpc) is 2.64. The summed E-state index contributed by atoms with van der Waals surface area (Å²) >= 11 is 3.35. The van der Waals surface area contributed by atoms with Crippen LogP contribution in [0, 0.1) is 0 Å². The minimum Gasteiger partial charge on any atom is -0.288 e.